The van der Waals surface area contributed by atoms with Crippen molar-refractivity contribution in [3.05, 3.63) is 120 Å². The van der Waals surface area contributed by atoms with Gasteiger partial charge in [-0.2, -0.15) is 5.10 Å². The molecule has 0 fully saturated rings. The average molecular weight is 568 g/mol. The third-order valence-electron chi connectivity index (χ3n) is 8.07. The lowest BCUT2D eigenvalue weighted by molar-refractivity contribution is -0.123. The van der Waals surface area contributed by atoms with Gasteiger partial charge in [0.2, 0.25) is 5.91 Å². The predicted octanol–water partition coefficient (Wildman–Crippen LogP) is 6.03. The van der Waals surface area contributed by atoms with Crippen LogP contribution in [0.1, 0.15) is 24.1 Å². The smallest absolute Gasteiger partial charge is 0.268 e. The van der Waals surface area contributed by atoms with Crippen LogP contribution in [0.5, 0.6) is 0 Å². The van der Waals surface area contributed by atoms with E-state index in [0.717, 1.165) is 41.4 Å². The topological polar surface area (TPSA) is 89.6 Å². The molecule has 1 aromatic heterocycles. The molecule has 0 aliphatic carbocycles. The molecule has 0 unspecified atom stereocenters. The highest BCUT2D eigenvalue weighted by Crippen LogP contribution is 2.40. The number of benzene rings is 4. The SMILES string of the molecule is O=C(CN1C(=O)C(=Cc2n[nH]c3ccccc23)C(=O)N(c2ccccc2)c2ccccc21)N1CCCCc2ccccc21. The molecule has 0 radical (unpaired) electrons. The number of amides is 3. The van der Waals surface area contributed by atoms with Gasteiger partial charge in [0.25, 0.3) is 11.8 Å². The fraction of sp³-hybridized carbons (Fsp3) is 0.143. The summed E-state index contributed by atoms with van der Waals surface area (Å²) in [5.41, 5.74) is 4.79. The summed E-state index contributed by atoms with van der Waals surface area (Å²) in [6.07, 6.45) is 4.28. The maximum absolute atomic E-state index is 14.5. The first-order valence-corrected chi connectivity index (χ1v) is 14.4. The molecule has 0 saturated carbocycles. The first-order valence-electron chi connectivity index (χ1n) is 14.4. The molecule has 3 heterocycles. The molecule has 4 aromatic carbocycles. The molecular formula is C35H29N5O3. The second-order valence-corrected chi connectivity index (χ2v) is 10.7. The number of nitrogens with zero attached hydrogens (tertiary/aromatic N) is 4. The minimum atomic E-state index is -0.556. The van der Waals surface area contributed by atoms with Crippen molar-refractivity contribution in [3.63, 3.8) is 0 Å². The van der Waals surface area contributed by atoms with Crippen molar-refractivity contribution < 1.29 is 14.4 Å². The minimum Gasteiger partial charge on any atom is -0.311 e. The molecule has 2 aliphatic rings. The maximum atomic E-state index is 14.5. The van der Waals surface area contributed by atoms with Gasteiger partial charge in [0.1, 0.15) is 12.1 Å². The van der Waals surface area contributed by atoms with Crippen LogP contribution in [0.3, 0.4) is 0 Å². The van der Waals surface area contributed by atoms with E-state index < -0.39 is 11.8 Å². The van der Waals surface area contributed by atoms with Crippen LogP contribution in [-0.2, 0) is 20.8 Å². The molecule has 3 amide bonds. The number of H-pyrrole nitrogens is 1. The van der Waals surface area contributed by atoms with Crippen molar-refractivity contribution >= 4 is 57.5 Å². The first kappa shape index (κ1) is 26.4. The fourth-order valence-electron chi connectivity index (χ4n) is 5.97. The fourth-order valence-corrected chi connectivity index (χ4v) is 5.97. The average Bonchev–Trinajstić information content (AvgIpc) is 3.29. The molecule has 2 aliphatic heterocycles. The summed E-state index contributed by atoms with van der Waals surface area (Å²) >= 11 is 0. The molecule has 1 N–H and O–H groups in total. The summed E-state index contributed by atoms with van der Waals surface area (Å²) in [5.74, 6) is -1.26. The molecule has 5 aromatic rings. The quantitative estimate of drug-likeness (QED) is 0.212. The Kier molecular flexibility index (Phi) is 6.79. The molecule has 0 saturated heterocycles. The predicted molar refractivity (Wildman–Crippen MR) is 168 cm³/mol. The van der Waals surface area contributed by atoms with Crippen LogP contribution in [-0.4, -0.2) is 41.0 Å². The van der Waals surface area contributed by atoms with Gasteiger partial charge in [0, 0.05) is 23.3 Å². The Labute approximate surface area is 248 Å². The number of aryl methyl sites for hydroxylation is 1. The summed E-state index contributed by atoms with van der Waals surface area (Å²) in [6, 6.07) is 31.9. The van der Waals surface area contributed by atoms with E-state index >= 15 is 0 Å². The van der Waals surface area contributed by atoms with Crippen LogP contribution >= 0.6 is 0 Å². The summed E-state index contributed by atoms with van der Waals surface area (Å²) in [6.45, 7) is 0.343. The zero-order valence-corrected chi connectivity index (χ0v) is 23.4. The van der Waals surface area contributed by atoms with Crippen molar-refractivity contribution in [3.8, 4) is 0 Å². The van der Waals surface area contributed by atoms with Gasteiger partial charge in [0.05, 0.1) is 22.6 Å². The molecule has 212 valence electrons. The normalized spacial score (nSPS) is 16.2. The number of nitrogens with one attached hydrogen (secondary N) is 1. The lowest BCUT2D eigenvalue weighted by Crippen LogP contribution is -2.44. The second-order valence-electron chi connectivity index (χ2n) is 10.7. The third-order valence-corrected chi connectivity index (χ3v) is 8.07. The number of carbonyl (C=O) groups excluding carboxylic acids is 3. The van der Waals surface area contributed by atoms with Gasteiger partial charge in [-0.15, -0.1) is 0 Å². The highest BCUT2D eigenvalue weighted by atomic mass is 16.2. The van der Waals surface area contributed by atoms with Crippen LogP contribution in [0.4, 0.5) is 22.7 Å². The number of fused-ring (bicyclic) bond motifs is 3. The van der Waals surface area contributed by atoms with Crippen LogP contribution in [0.2, 0.25) is 0 Å². The van der Waals surface area contributed by atoms with E-state index in [0.29, 0.717) is 29.3 Å². The number of hydrogen-bond acceptors (Lipinski definition) is 4. The summed E-state index contributed by atoms with van der Waals surface area (Å²) in [5, 5.41) is 8.18. The maximum Gasteiger partial charge on any atom is 0.268 e. The standard InChI is InChI=1S/C35H29N5O3/c41-33(38-21-11-10-13-24-12-4-7-18-30(24)38)23-39-31-19-8-9-20-32(31)40(25-14-2-1-3-15-25)35(43)27(34(39)42)22-29-26-16-5-6-17-28(26)36-37-29/h1-9,12,14-20,22H,10-11,13,21,23H2,(H,36,37). The van der Waals surface area contributed by atoms with Gasteiger partial charge in [0.15, 0.2) is 0 Å². The summed E-state index contributed by atoms with van der Waals surface area (Å²) in [7, 11) is 0. The summed E-state index contributed by atoms with van der Waals surface area (Å²) < 4.78 is 0. The van der Waals surface area contributed by atoms with E-state index in [1.807, 2.05) is 84.9 Å². The lowest BCUT2D eigenvalue weighted by atomic mass is 10.1. The zero-order valence-electron chi connectivity index (χ0n) is 23.4. The Balaban J connectivity index is 1.37. The van der Waals surface area contributed by atoms with Gasteiger partial charge in [-0.1, -0.05) is 66.7 Å². The minimum absolute atomic E-state index is 0.0821. The van der Waals surface area contributed by atoms with E-state index in [-0.39, 0.29) is 18.0 Å². The van der Waals surface area contributed by atoms with Crippen molar-refractivity contribution in [1.82, 2.24) is 10.2 Å². The Morgan fingerprint density at radius 1 is 0.767 bits per heavy atom. The summed E-state index contributed by atoms with van der Waals surface area (Å²) in [4.78, 5) is 47.7. The second kappa shape index (κ2) is 11.1. The third kappa shape index (κ3) is 4.76. The van der Waals surface area contributed by atoms with Gasteiger partial charge in [-0.05, 0) is 67.3 Å². The molecule has 43 heavy (non-hydrogen) atoms. The first-order chi connectivity index (χ1) is 21.1. The molecule has 7 rings (SSSR count). The van der Waals surface area contributed by atoms with E-state index in [4.69, 9.17) is 0 Å². The molecule has 8 heteroatoms. The Morgan fingerprint density at radius 3 is 2.30 bits per heavy atom. The van der Waals surface area contributed by atoms with Crippen LogP contribution in [0.15, 0.2) is 109 Å². The monoisotopic (exact) mass is 567 g/mol. The van der Waals surface area contributed by atoms with Gasteiger partial charge in [-0.25, -0.2) is 0 Å². The number of rotatable bonds is 4. The number of aromatic nitrogens is 2. The number of hydrogen-bond donors (Lipinski definition) is 1. The van der Waals surface area contributed by atoms with Crippen molar-refractivity contribution in [2.75, 3.05) is 27.8 Å². The van der Waals surface area contributed by atoms with Gasteiger partial charge in [-0.3, -0.25) is 29.3 Å². The number of aromatic amines is 1. The largest absolute Gasteiger partial charge is 0.311 e. The van der Waals surface area contributed by atoms with E-state index in [2.05, 4.69) is 16.3 Å². The Morgan fingerprint density at radius 2 is 1.47 bits per heavy atom. The Hall–Kier alpha value is -5.50. The molecule has 0 bridgehead atoms. The van der Waals surface area contributed by atoms with Crippen molar-refractivity contribution in [2.24, 2.45) is 0 Å². The van der Waals surface area contributed by atoms with Crippen molar-refractivity contribution in [1.29, 1.82) is 0 Å². The van der Waals surface area contributed by atoms with Gasteiger partial charge < -0.3 is 4.90 Å². The molecule has 0 atom stereocenters. The van der Waals surface area contributed by atoms with Crippen molar-refractivity contribution in [2.45, 2.75) is 19.3 Å². The number of carbonyl (C=O) groups is 3. The van der Waals surface area contributed by atoms with Gasteiger partial charge >= 0.3 is 0 Å². The molecule has 8 nitrogen and oxygen atoms in total. The number of anilines is 4. The zero-order chi connectivity index (χ0) is 29.3. The van der Waals surface area contributed by atoms with E-state index in [1.165, 1.54) is 11.0 Å². The lowest BCUT2D eigenvalue weighted by Gasteiger charge is -2.28. The van der Waals surface area contributed by atoms with Crippen LogP contribution < -0.4 is 14.7 Å². The molecule has 0 spiro atoms. The number of para-hydroxylation sites is 5. The highest BCUT2D eigenvalue weighted by Gasteiger charge is 2.38. The highest BCUT2D eigenvalue weighted by molar-refractivity contribution is 6.35. The van der Waals surface area contributed by atoms with Crippen LogP contribution in [0, 0.1) is 0 Å². The molecular weight excluding hydrogens is 538 g/mol. The van der Waals surface area contributed by atoms with E-state index in [1.54, 1.807) is 21.9 Å². The van der Waals surface area contributed by atoms with E-state index in [9.17, 15) is 14.4 Å². The van der Waals surface area contributed by atoms with Crippen LogP contribution in [0.25, 0.3) is 17.0 Å². The Bertz CT molecular complexity index is 1890.